The molecule has 0 bridgehead atoms. The maximum Gasteiger partial charge on any atom is 0.101 e. The van der Waals surface area contributed by atoms with Crippen molar-refractivity contribution >= 4 is 6.08 Å². The zero-order valence-electron chi connectivity index (χ0n) is 12.5. The molecular weight excluding hydrogens is 268 g/mol. The number of hydrogen-bond acceptors (Lipinski definition) is 1. The monoisotopic (exact) mass is 284 g/mol. The van der Waals surface area contributed by atoms with Crippen LogP contribution in [0.25, 0.3) is 22.9 Å². The third-order valence-corrected chi connectivity index (χ3v) is 3.70. The molecule has 2 heteroatoms. The van der Waals surface area contributed by atoms with E-state index in [4.69, 9.17) is 0 Å². The van der Waals surface area contributed by atoms with Crippen molar-refractivity contribution in [2.24, 2.45) is 0 Å². The van der Waals surface area contributed by atoms with Crippen molar-refractivity contribution in [3.63, 3.8) is 0 Å². The van der Waals surface area contributed by atoms with Gasteiger partial charge in [-0.15, -0.1) is 0 Å². The van der Waals surface area contributed by atoms with Gasteiger partial charge >= 0.3 is 0 Å². The Morgan fingerprint density at radius 2 is 1.86 bits per heavy atom. The van der Waals surface area contributed by atoms with Gasteiger partial charge in [-0.05, 0) is 30.2 Å². The molecule has 0 aliphatic rings. The molecule has 106 valence electrons. The van der Waals surface area contributed by atoms with Gasteiger partial charge in [0, 0.05) is 23.6 Å². The van der Waals surface area contributed by atoms with Crippen LogP contribution < -0.4 is 0 Å². The third kappa shape index (κ3) is 2.57. The van der Waals surface area contributed by atoms with E-state index in [0.717, 1.165) is 22.4 Å². The molecule has 0 atom stereocenters. The van der Waals surface area contributed by atoms with Gasteiger partial charge in [-0.3, -0.25) is 0 Å². The Balaban J connectivity index is 2.08. The fraction of sp³-hybridized carbons (Fsp3) is 0.0500. The summed E-state index contributed by atoms with van der Waals surface area (Å²) in [6.07, 6.45) is 5.70. The molecule has 0 fully saturated rings. The van der Waals surface area contributed by atoms with Gasteiger partial charge in [-0.1, -0.05) is 54.6 Å². The minimum atomic E-state index is 0.679. The summed E-state index contributed by atoms with van der Waals surface area (Å²) in [4.78, 5) is 0. The molecule has 3 aromatic rings. The molecule has 0 unspecified atom stereocenters. The molecule has 0 N–H and O–H groups in total. The van der Waals surface area contributed by atoms with E-state index in [2.05, 4.69) is 31.7 Å². The van der Waals surface area contributed by atoms with Crippen LogP contribution in [0, 0.1) is 18.3 Å². The van der Waals surface area contributed by atoms with Gasteiger partial charge in [-0.2, -0.15) is 5.26 Å². The van der Waals surface area contributed by atoms with Gasteiger partial charge in [0.15, 0.2) is 0 Å². The van der Waals surface area contributed by atoms with Crippen LogP contribution in [0.5, 0.6) is 0 Å². The highest BCUT2D eigenvalue weighted by Crippen LogP contribution is 2.27. The van der Waals surface area contributed by atoms with E-state index < -0.39 is 0 Å². The predicted octanol–water partition coefficient (Wildman–Crippen LogP) is 4.97. The Morgan fingerprint density at radius 1 is 1.09 bits per heavy atom. The standard InChI is InChI=1S/C20H16N2/c1-3-16-7-9-19(10-8-16)22-13-18(12-21)20(14-22)17-6-4-5-15(2)11-17/h3-11,13-14H,1H2,2H3. The third-order valence-electron chi connectivity index (χ3n) is 3.70. The highest BCUT2D eigenvalue weighted by Gasteiger charge is 2.10. The summed E-state index contributed by atoms with van der Waals surface area (Å²) < 4.78 is 1.99. The molecule has 1 heterocycles. The van der Waals surface area contributed by atoms with Gasteiger partial charge < -0.3 is 4.57 Å². The van der Waals surface area contributed by atoms with Gasteiger partial charge in [-0.25, -0.2) is 0 Å². The summed E-state index contributed by atoms with van der Waals surface area (Å²) in [6, 6.07) is 18.6. The lowest BCUT2D eigenvalue weighted by atomic mass is 10.0. The molecule has 0 spiro atoms. The summed E-state index contributed by atoms with van der Waals surface area (Å²) in [5.74, 6) is 0. The molecule has 0 amide bonds. The highest BCUT2D eigenvalue weighted by atomic mass is 14.9. The van der Waals surface area contributed by atoms with Crippen LogP contribution >= 0.6 is 0 Å². The first kappa shape index (κ1) is 13.9. The van der Waals surface area contributed by atoms with Gasteiger partial charge in [0.2, 0.25) is 0 Å². The van der Waals surface area contributed by atoms with E-state index in [-0.39, 0.29) is 0 Å². The number of benzene rings is 2. The molecule has 2 aromatic carbocycles. The van der Waals surface area contributed by atoms with Crippen molar-refractivity contribution in [1.82, 2.24) is 4.57 Å². The number of nitriles is 1. The molecule has 2 nitrogen and oxygen atoms in total. The first-order chi connectivity index (χ1) is 10.7. The van der Waals surface area contributed by atoms with E-state index in [0.29, 0.717) is 5.56 Å². The molecule has 0 saturated carbocycles. The lowest BCUT2D eigenvalue weighted by molar-refractivity contribution is 1.08. The van der Waals surface area contributed by atoms with E-state index in [1.807, 2.05) is 59.4 Å². The van der Waals surface area contributed by atoms with Crippen LogP contribution in [0.1, 0.15) is 16.7 Å². The summed E-state index contributed by atoms with van der Waals surface area (Å²) in [7, 11) is 0. The van der Waals surface area contributed by atoms with E-state index in [1.54, 1.807) is 0 Å². The van der Waals surface area contributed by atoms with Crippen LogP contribution in [0.4, 0.5) is 0 Å². The summed E-state index contributed by atoms with van der Waals surface area (Å²) in [5, 5.41) is 9.41. The minimum absolute atomic E-state index is 0.679. The van der Waals surface area contributed by atoms with Crippen molar-refractivity contribution < 1.29 is 0 Å². The Bertz CT molecular complexity index is 861. The van der Waals surface area contributed by atoms with Crippen molar-refractivity contribution in [2.75, 3.05) is 0 Å². The molecule has 3 rings (SSSR count). The topological polar surface area (TPSA) is 28.7 Å². The number of aryl methyl sites for hydroxylation is 1. The quantitative estimate of drug-likeness (QED) is 0.667. The first-order valence-electron chi connectivity index (χ1n) is 7.13. The lowest BCUT2D eigenvalue weighted by Gasteiger charge is -2.03. The lowest BCUT2D eigenvalue weighted by Crippen LogP contribution is -1.89. The smallest absolute Gasteiger partial charge is 0.101 e. The average molecular weight is 284 g/mol. The van der Waals surface area contributed by atoms with Gasteiger partial charge in [0.05, 0.1) is 5.56 Å². The second-order valence-electron chi connectivity index (χ2n) is 5.27. The summed E-state index contributed by atoms with van der Waals surface area (Å²) in [5.41, 5.74) is 6.00. The van der Waals surface area contributed by atoms with E-state index >= 15 is 0 Å². The number of rotatable bonds is 3. The summed E-state index contributed by atoms with van der Waals surface area (Å²) >= 11 is 0. The SMILES string of the molecule is C=Cc1ccc(-n2cc(C#N)c(-c3cccc(C)c3)c2)cc1. The van der Waals surface area contributed by atoms with Crippen molar-refractivity contribution in [3.8, 4) is 22.9 Å². The molecular formula is C20H16N2. The van der Waals surface area contributed by atoms with Crippen molar-refractivity contribution in [3.05, 3.63) is 84.2 Å². The van der Waals surface area contributed by atoms with Crippen LogP contribution in [0.2, 0.25) is 0 Å². The fourth-order valence-electron chi connectivity index (χ4n) is 2.52. The number of aromatic nitrogens is 1. The minimum Gasteiger partial charge on any atom is -0.322 e. The predicted molar refractivity (Wildman–Crippen MR) is 90.7 cm³/mol. The van der Waals surface area contributed by atoms with Gasteiger partial charge in [0.25, 0.3) is 0 Å². The number of hydrogen-bond donors (Lipinski definition) is 0. The van der Waals surface area contributed by atoms with Crippen LogP contribution in [0.3, 0.4) is 0 Å². The van der Waals surface area contributed by atoms with Crippen LogP contribution in [0.15, 0.2) is 67.5 Å². The summed E-state index contributed by atoms with van der Waals surface area (Å²) in [6.45, 7) is 5.82. The highest BCUT2D eigenvalue weighted by molar-refractivity contribution is 5.71. The first-order valence-corrected chi connectivity index (χ1v) is 7.13. The molecule has 1 aromatic heterocycles. The second kappa shape index (κ2) is 5.75. The maximum absolute atomic E-state index is 9.41. The largest absolute Gasteiger partial charge is 0.322 e. The van der Waals surface area contributed by atoms with Crippen molar-refractivity contribution in [1.29, 1.82) is 5.26 Å². The normalized spacial score (nSPS) is 10.2. The fourth-order valence-corrected chi connectivity index (χ4v) is 2.52. The van der Waals surface area contributed by atoms with Crippen LogP contribution in [-0.4, -0.2) is 4.57 Å². The van der Waals surface area contributed by atoms with Gasteiger partial charge in [0.1, 0.15) is 6.07 Å². The molecule has 22 heavy (non-hydrogen) atoms. The van der Waals surface area contributed by atoms with Crippen molar-refractivity contribution in [2.45, 2.75) is 6.92 Å². The van der Waals surface area contributed by atoms with Crippen LogP contribution in [-0.2, 0) is 0 Å². The Hall–Kier alpha value is -3.05. The maximum atomic E-state index is 9.41. The molecule has 0 radical (unpaired) electrons. The Morgan fingerprint density at radius 3 is 2.50 bits per heavy atom. The Labute approximate surface area is 130 Å². The zero-order chi connectivity index (χ0) is 15.5. The number of nitrogens with zero attached hydrogens (tertiary/aromatic N) is 2. The molecule has 0 aliphatic heterocycles. The zero-order valence-corrected chi connectivity index (χ0v) is 12.5. The second-order valence-corrected chi connectivity index (χ2v) is 5.27. The van der Waals surface area contributed by atoms with E-state index in [1.165, 1.54) is 5.56 Å². The Kier molecular flexibility index (Phi) is 3.64. The van der Waals surface area contributed by atoms with E-state index in [9.17, 15) is 5.26 Å². The molecule has 0 aliphatic carbocycles. The molecule has 0 saturated heterocycles. The average Bonchev–Trinajstić information content (AvgIpc) is 2.99.